The van der Waals surface area contributed by atoms with E-state index >= 15 is 0 Å². The van der Waals surface area contributed by atoms with Gasteiger partial charge in [-0.3, -0.25) is 0 Å². The van der Waals surface area contributed by atoms with E-state index in [1.54, 1.807) is 7.11 Å². The van der Waals surface area contributed by atoms with Crippen molar-refractivity contribution < 1.29 is 17.9 Å². The number of para-hydroxylation sites is 1. The Morgan fingerprint density at radius 3 is 2.85 bits per heavy atom. The van der Waals surface area contributed by atoms with E-state index in [1.165, 1.54) is 14.1 Å². The lowest BCUT2D eigenvalue weighted by Gasteiger charge is -2.27. The highest BCUT2D eigenvalue weighted by molar-refractivity contribution is 7.87. The quantitative estimate of drug-likeness (QED) is 0.866. The van der Waals surface area contributed by atoms with E-state index < -0.39 is 10.2 Å². The van der Waals surface area contributed by atoms with Crippen LogP contribution in [0.4, 0.5) is 0 Å². The Kier molecular flexibility index (Phi) is 4.52. The van der Waals surface area contributed by atoms with Gasteiger partial charge in [-0.05, 0) is 18.1 Å². The van der Waals surface area contributed by atoms with E-state index in [0.717, 1.165) is 27.8 Å². The van der Waals surface area contributed by atoms with Gasteiger partial charge in [-0.2, -0.15) is 12.7 Å². The van der Waals surface area contributed by atoms with Crippen molar-refractivity contribution in [3.8, 4) is 11.5 Å². The molecule has 1 unspecified atom stereocenters. The molecule has 7 heteroatoms. The second-order valence-electron chi connectivity index (χ2n) is 4.97. The van der Waals surface area contributed by atoms with Crippen LogP contribution in [-0.2, 0) is 16.6 Å². The minimum Gasteiger partial charge on any atom is -0.493 e. The van der Waals surface area contributed by atoms with Crippen molar-refractivity contribution in [1.82, 2.24) is 9.03 Å². The van der Waals surface area contributed by atoms with E-state index in [-0.39, 0.29) is 5.92 Å². The van der Waals surface area contributed by atoms with Crippen molar-refractivity contribution in [2.45, 2.75) is 6.42 Å². The van der Waals surface area contributed by atoms with Crippen molar-refractivity contribution in [1.29, 1.82) is 0 Å². The molecule has 0 amide bonds. The summed E-state index contributed by atoms with van der Waals surface area (Å²) in [6.45, 7) is 0.834. The summed E-state index contributed by atoms with van der Waals surface area (Å²) < 4.78 is 38.0. The predicted molar refractivity (Wildman–Crippen MR) is 76.3 cm³/mol. The molecular weight excluding hydrogens is 280 g/mol. The summed E-state index contributed by atoms with van der Waals surface area (Å²) in [6, 6.07) is 5.74. The third-order valence-electron chi connectivity index (χ3n) is 3.29. The lowest BCUT2D eigenvalue weighted by molar-refractivity contribution is 0.212. The first-order valence-corrected chi connectivity index (χ1v) is 7.84. The van der Waals surface area contributed by atoms with Gasteiger partial charge in [-0.1, -0.05) is 12.1 Å². The second-order valence-corrected chi connectivity index (χ2v) is 6.93. The fourth-order valence-corrected chi connectivity index (χ4v) is 2.81. The highest BCUT2D eigenvalue weighted by Gasteiger charge is 2.24. The molecule has 1 aliphatic heterocycles. The smallest absolute Gasteiger partial charge is 0.278 e. The van der Waals surface area contributed by atoms with Crippen LogP contribution in [0.15, 0.2) is 18.2 Å². The molecule has 0 saturated carbocycles. The second kappa shape index (κ2) is 5.99. The number of fused-ring (bicyclic) bond motifs is 1. The van der Waals surface area contributed by atoms with Crippen molar-refractivity contribution in [2.75, 3.05) is 34.4 Å². The predicted octanol–water partition coefficient (Wildman–Crippen LogP) is 0.642. The molecule has 1 aromatic carbocycles. The van der Waals surface area contributed by atoms with Crippen LogP contribution in [0.3, 0.4) is 0 Å². The topological polar surface area (TPSA) is 67.9 Å². The first kappa shape index (κ1) is 15.1. The lowest BCUT2D eigenvalue weighted by Crippen LogP contribution is -2.40. The van der Waals surface area contributed by atoms with Gasteiger partial charge in [0, 0.05) is 26.6 Å². The molecular formula is C13H20N2O4S. The average molecular weight is 300 g/mol. The molecule has 2 rings (SSSR count). The van der Waals surface area contributed by atoms with Gasteiger partial charge < -0.3 is 9.47 Å². The van der Waals surface area contributed by atoms with Gasteiger partial charge in [0.15, 0.2) is 11.5 Å². The molecule has 0 aromatic heterocycles. The fourth-order valence-electron chi connectivity index (χ4n) is 2.10. The molecule has 20 heavy (non-hydrogen) atoms. The molecule has 1 aliphatic rings. The van der Waals surface area contributed by atoms with Crippen LogP contribution in [0.1, 0.15) is 5.56 Å². The highest BCUT2D eigenvalue weighted by Crippen LogP contribution is 2.35. The summed E-state index contributed by atoms with van der Waals surface area (Å²) in [5, 5.41) is 0. The zero-order chi connectivity index (χ0) is 14.8. The molecule has 112 valence electrons. The number of ether oxygens (including phenoxy) is 2. The zero-order valence-electron chi connectivity index (χ0n) is 11.9. The number of hydrogen-bond donors (Lipinski definition) is 1. The fraction of sp³-hybridized carbons (Fsp3) is 0.538. The SMILES string of the molecule is COc1cccc2c1OCC(CNS(=O)(=O)N(C)C)C2. The normalized spacial score (nSPS) is 18.5. The summed E-state index contributed by atoms with van der Waals surface area (Å²) in [5.41, 5.74) is 1.05. The maximum Gasteiger partial charge on any atom is 0.278 e. The summed E-state index contributed by atoms with van der Waals surface area (Å²) in [7, 11) is 1.22. The summed E-state index contributed by atoms with van der Waals surface area (Å²) >= 11 is 0. The number of nitrogens with zero attached hydrogens (tertiary/aromatic N) is 1. The van der Waals surface area contributed by atoms with Crippen LogP contribution < -0.4 is 14.2 Å². The monoisotopic (exact) mass is 300 g/mol. The molecule has 1 N–H and O–H groups in total. The molecule has 0 spiro atoms. The van der Waals surface area contributed by atoms with Gasteiger partial charge in [0.2, 0.25) is 0 Å². The molecule has 0 fully saturated rings. The Labute approximate surface area is 119 Å². The van der Waals surface area contributed by atoms with E-state index in [1.807, 2.05) is 18.2 Å². The summed E-state index contributed by atoms with van der Waals surface area (Å²) in [4.78, 5) is 0. The maximum atomic E-state index is 11.7. The first-order chi connectivity index (χ1) is 9.44. The summed E-state index contributed by atoms with van der Waals surface area (Å²) in [6.07, 6.45) is 0.766. The van der Waals surface area contributed by atoms with Gasteiger partial charge >= 0.3 is 0 Å². The molecule has 1 atom stereocenters. The van der Waals surface area contributed by atoms with Gasteiger partial charge in [-0.25, -0.2) is 4.72 Å². The molecule has 0 aliphatic carbocycles. The Balaban J connectivity index is 2.02. The van der Waals surface area contributed by atoms with Crippen LogP contribution in [0.25, 0.3) is 0 Å². The van der Waals surface area contributed by atoms with Crippen LogP contribution in [0.2, 0.25) is 0 Å². The Bertz CT molecular complexity index is 572. The van der Waals surface area contributed by atoms with Gasteiger partial charge in [0.25, 0.3) is 10.2 Å². The zero-order valence-corrected chi connectivity index (χ0v) is 12.7. The minimum absolute atomic E-state index is 0.115. The third-order valence-corrected chi connectivity index (χ3v) is 4.78. The standard InChI is InChI=1S/C13H20N2O4S/c1-15(2)20(16,17)14-8-10-7-11-5-4-6-12(18-3)13(11)19-9-10/h4-6,10,14H,7-9H2,1-3H3. The van der Waals surface area contributed by atoms with Crippen LogP contribution in [0.5, 0.6) is 11.5 Å². The molecule has 6 nitrogen and oxygen atoms in total. The van der Waals surface area contributed by atoms with E-state index in [9.17, 15) is 8.42 Å². The number of hydrogen-bond acceptors (Lipinski definition) is 4. The van der Waals surface area contributed by atoms with E-state index in [2.05, 4.69) is 4.72 Å². The molecule has 1 aromatic rings. The number of benzene rings is 1. The van der Waals surface area contributed by atoms with Crippen LogP contribution >= 0.6 is 0 Å². The molecule has 0 bridgehead atoms. The molecule has 0 radical (unpaired) electrons. The number of nitrogens with one attached hydrogen (secondary N) is 1. The first-order valence-electron chi connectivity index (χ1n) is 6.40. The molecule has 0 saturated heterocycles. The van der Waals surface area contributed by atoms with E-state index in [0.29, 0.717) is 13.2 Å². The van der Waals surface area contributed by atoms with Crippen LogP contribution in [-0.4, -0.2) is 47.1 Å². The maximum absolute atomic E-state index is 11.7. The van der Waals surface area contributed by atoms with Crippen molar-refractivity contribution in [3.63, 3.8) is 0 Å². The van der Waals surface area contributed by atoms with Crippen LogP contribution in [0, 0.1) is 5.92 Å². The van der Waals surface area contributed by atoms with Crippen molar-refractivity contribution in [3.05, 3.63) is 23.8 Å². The number of methoxy groups -OCH3 is 1. The van der Waals surface area contributed by atoms with Gasteiger partial charge in [0.1, 0.15) is 0 Å². The Morgan fingerprint density at radius 2 is 2.20 bits per heavy atom. The molecule has 1 heterocycles. The van der Waals surface area contributed by atoms with E-state index in [4.69, 9.17) is 9.47 Å². The van der Waals surface area contributed by atoms with Crippen molar-refractivity contribution in [2.24, 2.45) is 5.92 Å². The Morgan fingerprint density at radius 1 is 1.45 bits per heavy atom. The van der Waals surface area contributed by atoms with Gasteiger partial charge in [-0.15, -0.1) is 0 Å². The summed E-state index contributed by atoms with van der Waals surface area (Å²) in [5.74, 6) is 1.60. The lowest BCUT2D eigenvalue weighted by atomic mass is 9.96. The minimum atomic E-state index is -3.38. The number of rotatable bonds is 5. The van der Waals surface area contributed by atoms with Gasteiger partial charge in [0.05, 0.1) is 13.7 Å². The highest BCUT2D eigenvalue weighted by atomic mass is 32.2. The largest absolute Gasteiger partial charge is 0.493 e. The van der Waals surface area contributed by atoms with Crippen molar-refractivity contribution >= 4 is 10.2 Å². The third kappa shape index (κ3) is 3.23. The average Bonchev–Trinajstić information content (AvgIpc) is 2.44. The Hall–Kier alpha value is -1.31.